The first-order valence-electron chi connectivity index (χ1n) is 10.5. The van der Waals surface area contributed by atoms with Gasteiger partial charge in [0.25, 0.3) is 0 Å². The van der Waals surface area contributed by atoms with Gasteiger partial charge in [0, 0.05) is 57.1 Å². The number of nitrogens with one attached hydrogen (secondary N) is 1. The largest absolute Gasteiger partial charge is 0.369 e. The predicted molar refractivity (Wildman–Crippen MR) is 109 cm³/mol. The van der Waals surface area contributed by atoms with Gasteiger partial charge in [0.15, 0.2) is 0 Å². The summed E-state index contributed by atoms with van der Waals surface area (Å²) >= 11 is 0. The van der Waals surface area contributed by atoms with Crippen LogP contribution in [-0.4, -0.2) is 47.6 Å². The van der Waals surface area contributed by atoms with Gasteiger partial charge < -0.3 is 10.2 Å². The molecule has 0 unspecified atom stereocenters. The van der Waals surface area contributed by atoms with E-state index in [9.17, 15) is 0 Å². The van der Waals surface area contributed by atoms with Crippen LogP contribution in [0.2, 0.25) is 0 Å². The lowest BCUT2D eigenvalue weighted by atomic mass is 10.1. The molecule has 0 bridgehead atoms. The van der Waals surface area contributed by atoms with Crippen molar-refractivity contribution in [1.29, 1.82) is 0 Å². The van der Waals surface area contributed by atoms with Crippen molar-refractivity contribution < 1.29 is 0 Å². The Labute approximate surface area is 161 Å². The van der Waals surface area contributed by atoms with Crippen LogP contribution in [0.1, 0.15) is 43.0 Å². The summed E-state index contributed by atoms with van der Waals surface area (Å²) in [5.41, 5.74) is 2.64. The molecule has 0 amide bonds. The average molecular weight is 364 g/mol. The molecule has 5 rings (SSSR count). The van der Waals surface area contributed by atoms with Gasteiger partial charge in [0.2, 0.25) is 0 Å². The van der Waals surface area contributed by atoms with Crippen molar-refractivity contribution in [3.8, 4) is 0 Å². The number of piperazine rings is 1. The molecule has 1 aromatic heterocycles. The Morgan fingerprint density at radius 2 is 1.70 bits per heavy atom. The Morgan fingerprint density at radius 3 is 2.41 bits per heavy atom. The Kier molecular flexibility index (Phi) is 4.70. The van der Waals surface area contributed by atoms with Gasteiger partial charge in [0.1, 0.15) is 11.6 Å². The Balaban J connectivity index is 1.13. The summed E-state index contributed by atoms with van der Waals surface area (Å²) in [5.74, 6) is 3.52. The van der Waals surface area contributed by atoms with Crippen LogP contribution in [-0.2, 0) is 6.54 Å². The molecule has 2 saturated carbocycles. The fourth-order valence-corrected chi connectivity index (χ4v) is 3.88. The van der Waals surface area contributed by atoms with E-state index in [2.05, 4.69) is 49.4 Å². The van der Waals surface area contributed by atoms with Gasteiger partial charge in [-0.05, 0) is 55.4 Å². The van der Waals surface area contributed by atoms with E-state index < -0.39 is 0 Å². The van der Waals surface area contributed by atoms with Gasteiger partial charge in [-0.15, -0.1) is 0 Å². The van der Waals surface area contributed by atoms with E-state index in [-0.39, 0.29) is 0 Å². The molecule has 1 aromatic carbocycles. The lowest BCUT2D eigenvalue weighted by Crippen LogP contribution is -2.47. The highest BCUT2D eigenvalue weighted by molar-refractivity contribution is 5.48. The number of anilines is 2. The highest BCUT2D eigenvalue weighted by atomic mass is 15.3. The van der Waals surface area contributed by atoms with Crippen LogP contribution in [0.25, 0.3) is 0 Å². The van der Waals surface area contributed by atoms with E-state index in [1.54, 1.807) is 0 Å². The molecule has 5 nitrogen and oxygen atoms in total. The molecule has 1 saturated heterocycles. The zero-order valence-corrected chi connectivity index (χ0v) is 16.0. The van der Waals surface area contributed by atoms with Crippen LogP contribution in [0.15, 0.2) is 36.5 Å². The first-order chi connectivity index (χ1) is 13.3. The molecule has 2 aliphatic carbocycles. The van der Waals surface area contributed by atoms with E-state index in [4.69, 9.17) is 0 Å². The minimum Gasteiger partial charge on any atom is -0.369 e. The number of nitrogens with zero attached hydrogens (tertiary/aromatic N) is 4. The zero-order chi connectivity index (χ0) is 18.1. The van der Waals surface area contributed by atoms with Gasteiger partial charge in [0.05, 0.1) is 0 Å². The number of hydrogen-bond donors (Lipinski definition) is 1. The van der Waals surface area contributed by atoms with E-state index in [1.807, 2.05) is 12.3 Å². The van der Waals surface area contributed by atoms with E-state index in [0.717, 1.165) is 37.2 Å². The molecule has 1 N–H and O–H groups in total. The molecular weight excluding hydrogens is 334 g/mol. The number of benzene rings is 1. The fourth-order valence-electron chi connectivity index (χ4n) is 3.88. The smallest absolute Gasteiger partial charge is 0.133 e. The molecule has 0 radical (unpaired) electrons. The number of rotatable bonds is 7. The third kappa shape index (κ3) is 4.41. The van der Waals surface area contributed by atoms with Crippen LogP contribution < -0.4 is 10.2 Å². The maximum absolute atomic E-state index is 4.64. The third-order valence-electron chi connectivity index (χ3n) is 5.98. The summed E-state index contributed by atoms with van der Waals surface area (Å²) < 4.78 is 0. The van der Waals surface area contributed by atoms with Gasteiger partial charge in [-0.3, -0.25) is 4.90 Å². The summed E-state index contributed by atoms with van der Waals surface area (Å²) in [7, 11) is 0. The van der Waals surface area contributed by atoms with Gasteiger partial charge in [-0.1, -0.05) is 12.1 Å². The molecule has 1 aliphatic heterocycles. The van der Waals surface area contributed by atoms with Gasteiger partial charge in [-0.2, -0.15) is 0 Å². The van der Waals surface area contributed by atoms with Crippen molar-refractivity contribution in [2.75, 3.05) is 42.9 Å². The van der Waals surface area contributed by atoms with E-state index in [1.165, 1.54) is 56.6 Å². The van der Waals surface area contributed by atoms with Crippen LogP contribution in [0.5, 0.6) is 0 Å². The molecule has 2 heterocycles. The molecule has 0 atom stereocenters. The highest BCUT2D eigenvalue weighted by Gasteiger charge is 2.27. The van der Waals surface area contributed by atoms with E-state index >= 15 is 0 Å². The third-order valence-corrected chi connectivity index (χ3v) is 5.98. The summed E-state index contributed by atoms with van der Waals surface area (Å²) in [6, 6.07) is 11.0. The second-order valence-electron chi connectivity index (χ2n) is 8.33. The van der Waals surface area contributed by atoms with Crippen LogP contribution in [0, 0.1) is 5.92 Å². The highest BCUT2D eigenvalue weighted by Crippen LogP contribution is 2.38. The maximum atomic E-state index is 4.64. The molecule has 142 valence electrons. The SMILES string of the molecule is c1cc(NCc2ccc(N3CCN(CC4CC4)CC3)cc2)nc(C2CC2)n1. The van der Waals surface area contributed by atoms with Gasteiger partial charge >= 0.3 is 0 Å². The molecule has 0 spiro atoms. The minimum absolute atomic E-state index is 0.593. The first-order valence-corrected chi connectivity index (χ1v) is 10.5. The standard InChI is InChI=1S/C22H29N5/c1-2-18(1)16-26-11-13-27(14-12-26)20-7-3-17(4-8-20)15-24-21-9-10-23-22(25-21)19-5-6-19/h3-4,7-10,18-19H,1-2,5-6,11-16H2,(H,23,24,25). The molecule has 5 heteroatoms. The van der Waals surface area contributed by atoms with Crippen molar-refractivity contribution in [1.82, 2.24) is 14.9 Å². The summed E-state index contributed by atoms with van der Waals surface area (Å²) in [6.07, 6.45) is 7.24. The topological polar surface area (TPSA) is 44.3 Å². The monoisotopic (exact) mass is 363 g/mol. The second kappa shape index (κ2) is 7.47. The van der Waals surface area contributed by atoms with Crippen LogP contribution in [0.4, 0.5) is 11.5 Å². The molecular formula is C22H29N5. The van der Waals surface area contributed by atoms with E-state index in [0.29, 0.717) is 5.92 Å². The van der Waals surface area contributed by atoms with Crippen molar-refractivity contribution in [2.24, 2.45) is 5.92 Å². The normalized spacial score (nSPS) is 20.7. The Morgan fingerprint density at radius 1 is 0.926 bits per heavy atom. The van der Waals surface area contributed by atoms with Crippen molar-refractivity contribution in [3.63, 3.8) is 0 Å². The summed E-state index contributed by atoms with van der Waals surface area (Å²) in [6.45, 7) is 6.83. The van der Waals surface area contributed by atoms with Crippen molar-refractivity contribution >= 4 is 11.5 Å². The second-order valence-corrected chi connectivity index (χ2v) is 8.33. The molecule has 3 fully saturated rings. The average Bonchev–Trinajstić information content (AvgIpc) is 3.62. The van der Waals surface area contributed by atoms with Gasteiger partial charge in [-0.25, -0.2) is 9.97 Å². The van der Waals surface area contributed by atoms with Crippen molar-refractivity contribution in [2.45, 2.75) is 38.1 Å². The quantitative estimate of drug-likeness (QED) is 0.816. The Hall–Kier alpha value is -2.14. The Bertz CT molecular complexity index is 759. The number of hydrogen-bond acceptors (Lipinski definition) is 5. The zero-order valence-electron chi connectivity index (χ0n) is 16.0. The lowest BCUT2D eigenvalue weighted by Gasteiger charge is -2.36. The minimum atomic E-state index is 0.593. The summed E-state index contributed by atoms with van der Waals surface area (Å²) in [4.78, 5) is 14.2. The molecule has 27 heavy (non-hydrogen) atoms. The first kappa shape index (κ1) is 17.0. The predicted octanol–water partition coefficient (Wildman–Crippen LogP) is 3.50. The van der Waals surface area contributed by atoms with Crippen LogP contribution in [0.3, 0.4) is 0 Å². The fraction of sp³-hybridized carbons (Fsp3) is 0.545. The lowest BCUT2D eigenvalue weighted by molar-refractivity contribution is 0.248. The molecule has 3 aliphatic rings. The maximum Gasteiger partial charge on any atom is 0.133 e. The van der Waals surface area contributed by atoms with Crippen LogP contribution >= 0.6 is 0 Å². The number of aromatic nitrogens is 2. The summed E-state index contributed by atoms with van der Waals surface area (Å²) in [5, 5.41) is 3.44. The van der Waals surface area contributed by atoms with Crippen molar-refractivity contribution in [3.05, 3.63) is 47.9 Å². The molecule has 2 aromatic rings.